The predicted molar refractivity (Wildman–Crippen MR) is 105 cm³/mol. The minimum absolute atomic E-state index is 0.0534. The van der Waals surface area contributed by atoms with E-state index in [9.17, 15) is 10.1 Å². The molecule has 0 aromatic heterocycles. The number of hydrogen-bond acceptors (Lipinski definition) is 5. The van der Waals surface area contributed by atoms with Crippen LogP contribution in [0.25, 0.3) is 0 Å². The lowest BCUT2D eigenvalue weighted by Gasteiger charge is -2.15. The fraction of sp³-hybridized carbons (Fsp3) is 0.200. The molecule has 2 N–H and O–H groups in total. The molecule has 0 saturated carbocycles. The minimum atomic E-state index is -0.522. The van der Waals surface area contributed by atoms with E-state index >= 15 is 0 Å². The summed E-state index contributed by atoms with van der Waals surface area (Å²) in [5, 5.41) is 15.5. The third kappa shape index (κ3) is 5.40. The molecule has 0 bridgehead atoms. The number of ether oxygens (including phenoxy) is 2. The van der Waals surface area contributed by atoms with Crippen molar-refractivity contribution in [2.45, 2.75) is 13.0 Å². The second-order valence-corrected chi connectivity index (χ2v) is 6.07. The summed E-state index contributed by atoms with van der Waals surface area (Å²) in [6, 6.07) is 14.0. The van der Waals surface area contributed by atoms with Crippen LogP contribution in [0.4, 0.5) is 5.69 Å². The number of amides is 1. The van der Waals surface area contributed by atoms with Gasteiger partial charge in [-0.15, -0.1) is 0 Å². The van der Waals surface area contributed by atoms with Gasteiger partial charge >= 0.3 is 0 Å². The van der Waals surface area contributed by atoms with Gasteiger partial charge in [0.15, 0.2) is 11.5 Å². The number of carbonyl (C=O) groups is 1. The Morgan fingerprint density at radius 2 is 1.93 bits per heavy atom. The summed E-state index contributed by atoms with van der Waals surface area (Å²) in [4.78, 5) is 12.3. The summed E-state index contributed by atoms with van der Waals surface area (Å²) in [6.45, 7) is 1.90. The number of nitrogens with one attached hydrogen (secondary N) is 2. The summed E-state index contributed by atoms with van der Waals surface area (Å²) in [7, 11) is 3.13. The van der Waals surface area contributed by atoms with Crippen molar-refractivity contribution >= 4 is 23.2 Å². The van der Waals surface area contributed by atoms with E-state index in [1.54, 1.807) is 44.6 Å². The first-order valence-electron chi connectivity index (χ1n) is 8.13. The van der Waals surface area contributed by atoms with Crippen LogP contribution < -0.4 is 20.1 Å². The Bertz CT molecular complexity index is 890. The number of nitrogens with zero attached hydrogens (tertiary/aromatic N) is 1. The lowest BCUT2D eigenvalue weighted by molar-refractivity contribution is -0.112. The van der Waals surface area contributed by atoms with Crippen molar-refractivity contribution in [1.82, 2.24) is 5.32 Å². The molecule has 0 heterocycles. The second-order valence-electron chi connectivity index (χ2n) is 5.64. The summed E-state index contributed by atoms with van der Waals surface area (Å²) >= 11 is 5.90. The molecule has 0 radical (unpaired) electrons. The van der Waals surface area contributed by atoms with E-state index in [0.717, 1.165) is 5.56 Å². The van der Waals surface area contributed by atoms with Crippen LogP contribution in [0.5, 0.6) is 11.5 Å². The van der Waals surface area contributed by atoms with E-state index in [0.29, 0.717) is 22.2 Å². The highest BCUT2D eigenvalue weighted by molar-refractivity contribution is 6.31. The van der Waals surface area contributed by atoms with Crippen molar-refractivity contribution < 1.29 is 14.3 Å². The van der Waals surface area contributed by atoms with Crippen LogP contribution in [0, 0.1) is 11.3 Å². The smallest absolute Gasteiger partial charge is 0.267 e. The Labute approximate surface area is 163 Å². The maximum atomic E-state index is 12.3. The van der Waals surface area contributed by atoms with Gasteiger partial charge in [-0.25, -0.2) is 0 Å². The average Bonchev–Trinajstić information content (AvgIpc) is 2.67. The predicted octanol–water partition coefficient (Wildman–Crippen LogP) is 4.05. The van der Waals surface area contributed by atoms with Crippen LogP contribution in [0.2, 0.25) is 5.02 Å². The molecule has 1 amide bonds. The highest BCUT2D eigenvalue weighted by Crippen LogP contribution is 2.29. The normalized spacial score (nSPS) is 11.9. The standard InChI is InChI=1S/C20H20ClN3O3/c1-13(14-7-8-18(26-2)19(9-14)27-3)23-12-15(11-22)20(25)24-17-6-4-5-16(21)10-17/h4-10,12-13,23H,1-3H3,(H,24,25)/b15-12-. The highest BCUT2D eigenvalue weighted by Gasteiger charge is 2.12. The maximum Gasteiger partial charge on any atom is 0.267 e. The molecule has 0 spiro atoms. The van der Waals surface area contributed by atoms with Crippen LogP contribution in [-0.4, -0.2) is 20.1 Å². The summed E-state index contributed by atoms with van der Waals surface area (Å²) in [6.07, 6.45) is 1.39. The van der Waals surface area contributed by atoms with Crippen molar-refractivity contribution in [2.75, 3.05) is 19.5 Å². The van der Waals surface area contributed by atoms with E-state index in [-0.39, 0.29) is 11.6 Å². The number of benzene rings is 2. The zero-order chi connectivity index (χ0) is 19.8. The second kappa shape index (κ2) is 9.51. The first-order valence-corrected chi connectivity index (χ1v) is 8.51. The quantitative estimate of drug-likeness (QED) is 0.554. The number of methoxy groups -OCH3 is 2. The van der Waals surface area contributed by atoms with Gasteiger partial charge in [-0.05, 0) is 42.8 Å². The SMILES string of the molecule is COc1ccc(C(C)N/C=C(/C#N)C(=O)Nc2cccc(Cl)c2)cc1OC. The van der Waals surface area contributed by atoms with Gasteiger partial charge in [-0.3, -0.25) is 4.79 Å². The Morgan fingerprint density at radius 1 is 1.19 bits per heavy atom. The average molecular weight is 386 g/mol. The Balaban J connectivity index is 2.09. The molecule has 1 atom stereocenters. The van der Waals surface area contributed by atoms with Crippen molar-refractivity contribution in [3.05, 3.63) is 64.8 Å². The fourth-order valence-electron chi connectivity index (χ4n) is 2.34. The summed E-state index contributed by atoms with van der Waals surface area (Å²) < 4.78 is 10.5. The third-order valence-electron chi connectivity index (χ3n) is 3.83. The van der Waals surface area contributed by atoms with Crippen LogP contribution in [0.3, 0.4) is 0 Å². The molecule has 27 heavy (non-hydrogen) atoms. The molecule has 2 aromatic rings. The molecule has 2 aromatic carbocycles. The molecule has 6 nitrogen and oxygen atoms in total. The molecular formula is C20H20ClN3O3. The molecule has 0 fully saturated rings. The maximum absolute atomic E-state index is 12.3. The lowest BCUT2D eigenvalue weighted by Crippen LogP contribution is -2.18. The lowest BCUT2D eigenvalue weighted by atomic mass is 10.1. The highest BCUT2D eigenvalue weighted by atomic mass is 35.5. The van der Waals surface area contributed by atoms with Gasteiger partial charge in [0, 0.05) is 23.0 Å². The van der Waals surface area contributed by atoms with Gasteiger partial charge in [-0.2, -0.15) is 5.26 Å². The Morgan fingerprint density at radius 3 is 2.56 bits per heavy atom. The number of rotatable bonds is 7. The van der Waals surface area contributed by atoms with Gasteiger partial charge in [-0.1, -0.05) is 23.7 Å². The van der Waals surface area contributed by atoms with Gasteiger partial charge in [0.2, 0.25) is 0 Å². The van der Waals surface area contributed by atoms with Gasteiger partial charge < -0.3 is 20.1 Å². The van der Waals surface area contributed by atoms with Crippen LogP contribution in [-0.2, 0) is 4.79 Å². The molecule has 2 rings (SSSR count). The van der Waals surface area contributed by atoms with Crippen LogP contribution in [0.1, 0.15) is 18.5 Å². The van der Waals surface area contributed by atoms with Gasteiger partial charge in [0.25, 0.3) is 5.91 Å². The van der Waals surface area contributed by atoms with Gasteiger partial charge in [0.05, 0.1) is 14.2 Å². The molecule has 7 heteroatoms. The zero-order valence-corrected chi connectivity index (χ0v) is 16.0. The van der Waals surface area contributed by atoms with E-state index in [1.807, 2.05) is 25.1 Å². The largest absolute Gasteiger partial charge is 0.493 e. The van der Waals surface area contributed by atoms with Crippen molar-refractivity contribution in [2.24, 2.45) is 0 Å². The first kappa shape index (κ1) is 20.1. The van der Waals surface area contributed by atoms with Crippen molar-refractivity contribution in [3.63, 3.8) is 0 Å². The van der Waals surface area contributed by atoms with Gasteiger partial charge in [0.1, 0.15) is 11.6 Å². The molecule has 0 aliphatic rings. The summed E-state index contributed by atoms with van der Waals surface area (Å²) in [5.41, 5.74) is 1.38. The van der Waals surface area contributed by atoms with Crippen LogP contribution in [0.15, 0.2) is 54.2 Å². The van der Waals surface area contributed by atoms with Crippen molar-refractivity contribution in [3.8, 4) is 17.6 Å². The van der Waals surface area contributed by atoms with E-state index in [1.165, 1.54) is 6.20 Å². The monoisotopic (exact) mass is 385 g/mol. The number of anilines is 1. The van der Waals surface area contributed by atoms with Crippen molar-refractivity contribution in [1.29, 1.82) is 5.26 Å². The molecule has 140 valence electrons. The Kier molecular flexibility index (Phi) is 7.09. The van der Waals surface area contributed by atoms with E-state index < -0.39 is 5.91 Å². The Hall–Kier alpha value is -3.17. The summed E-state index contributed by atoms with van der Waals surface area (Å²) in [5.74, 6) is 0.709. The molecular weight excluding hydrogens is 366 g/mol. The topological polar surface area (TPSA) is 83.4 Å². The number of nitriles is 1. The molecule has 0 aliphatic heterocycles. The van der Waals surface area contributed by atoms with E-state index in [4.69, 9.17) is 21.1 Å². The number of hydrogen-bond donors (Lipinski definition) is 2. The molecule has 0 aliphatic carbocycles. The molecule has 1 unspecified atom stereocenters. The van der Waals surface area contributed by atoms with E-state index in [2.05, 4.69) is 10.6 Å². The zero-order valence-electron chi connectivity index (χ0n) is 15.2. The number of halogens is 1. The number of carbonyl (C=O) groups excluding carboxylic acids is 1. The third-order valence-corrected chi connectivity index (χ3v) is 4.07. The first-order chi connectivity index (χ1) is 13.0. The van der Waals surface area contributed by atoms with Crippen LogP contribution >= 0.6 is 11.6 Å². The minimum Gasteiger partial charge on any atom is -0.493 e. The molecule has 0 saturated heterocycles. The fourth-order valence-corrected chi connectivity index (χ4v) is 2.53.